The molecule has 0 aromatic rings. The number of carbonyl (C=O) groups is 3. The Balaban J connectivity index is 4.36. The predicted molar refractivity (Wildman–Crippen MR) is 275 cm³/mol. The van der Waals surface area contributed by atoms with E-state index >= 15 is 0 Å². The Hall–Kier alpha value is -2.37. The van der Waals surface area contributed by atoms with Gasteiger partial charge < -0.3 is 14.2 Å². The third kappa shape index (κ3) is 50.6. The molecule has 0 radical (unpaired) electrons. The maximum atomic E-state index is 12.8. The Kier molecular flexibility index (Phi) is 51.3. The lowest BCUT2D eigenvalue weighted by molar-refractivity contribution is -0.167. The van der Waals surface area contributed by atoms with Gasteiger partial charge in [-0.25, -0.2) is 0 Å². The molecule has 1 atom stereocenters. The number of rotatable bonds is 51. The van der Waals surface area contributed by atoms with E-state index in [1.54, 1.807) is 0 Å². The molecule has 0 fully saturated rings. The first-order valence-corrected chi connectivity index (χ1v) is 28.0. The van der Waals surface area contributed by atoms with Crippen molar-refractivity contribution in [3.05, 3.63) is 36.5 Å². The maximum absolute atomic E-state index is 12.8. The standard InChI is InChI=1S/C58H106O6/c1-4-7-10-13-16-19-22-25-27-29-31-33-36-39-42-45-48-51-57(60)63-54-55(53-62-56(59)50-47-44-41-38-35-32-24-21-18-15-12-9-6-3)64-58(61)52-49-46-43-40-37-34-30-28-26-23-20-17-14-11-8-5-2/h16,19,25,27,32,35,55H,4-15,17-18,20-24,26,28-31,33-34,36-54H2,1-3H3/b19-16-,27-25-,35-32-. The molecular formula is C58H106O6. The first-order chi connectivity index (χ1) is 31.5. The number of esters is 3. The molecule has 0 aromatic carbocycles. The molecule has 0 spiro atoms. The van der Waals surface area contributed by atoms with Crippen LogP contribution in [0.25, 0.3) is 0 Å². The van der Waals surface area contributed by atoms with Gasteiger partial charge in [-0.05, 0) is 77.0 Å². The maximum Gasteiger partial charge on any atom is 0.306 e. The van der Waals surface area contributed by atoms with Crippen molar-refractivity contribution < 1.29 is 28.6 Å². The summed E-state index contributed by atoms with van der Waals surface area (Å²) in [7, 11) is 0. The van der Waals surface area contributed by atoms with Crippen molar-refractivity contribution in [3.63, 3.8) is 0 Å². The lowest BCUT2D eigenvalue weighted by Crippen LogP contribution is -2.30. The number of carbonyl (C=O) groups excluding carboxylic acids is 3. The minimum Gasteiger partial charge on any atom is -0.462 e. The van der Waals surface area contributed by atoms with Crippen LogP contribution in [0.2, 0.25) is 0 Å². The quantitative estimate of drug-likeness (QED) is 0.0262. The highest BCUT2D eigenvalue weighted by molar-refractivity contribution is 5.71. The van der Waals surface area contributed by atoms with Crippen LogP contribution in [-0.4, -0.2) is 37.2 Å². The second-order valence-corrected chi connectivity index (χ2v) is 18.8. The van der Waals surface area contributed by atoms with Gasteiger partial charge in [0.2, 0.25) is 0 Å². The van der Waals surface area contributed by atoms with Crippen LogP contribution in [0.3, 0.4) is 0 Å². The van der Waals surface area contributed by atoms with Gasteiger partial charge in [-0.3, -0.25) is 14.4 Å². The highest BCUT2D eigenvalue weighted by atomic mass is 16.6. The fraction of sp³-hybridized carbons (Fsp3) is 0.845. The summed E-state index contributed by atoms with van der Waals surface area (Å²) in [5.41, 5.74) is 0. The minimum atomic E-state index is -0.778. The third-order valence-electron chi connectivity index (χ3n) is 12.4. The van der Waals surface area contributed by atoms with E-state index in [2.05, 4.69) is 57.2 Å². The predicted octanol–water partition coefficient (Wildman–Crippen LogP) is 18.5. The van der Waals surface area contributed by atoms with Crippen LogP contribution >= 0.6 is 0 Å². The number of hydrogen-bond donors (Lipinski definition) is 0. The van der Waals surface area contributed by atoms with Gasteiger partial charge in [0.05, 0.1) is 0 Å². The van der Waals surface area contributed by atoms with Gasteiger partial charge in [-0.15, -0.1) is 0 Å². The Morgan fingerprint density at radius 2 is 0.562 bits per heavy atom. The summed E-state index contributed by atoms with van der Waals surface area (Å²) in [5, 5.41) is 0. The van der Waals surface area contributed by atoms with Gasteiger partial charge in [0.25, 0.3) is 0 Å². The highest BCUT2D eigenvalue weighted by Crippen LogP contribution is 2.16. The van der Waals surface area contributed by atoms with Crippen molar-refractivity contribution in [1.82, 2.24) is 0 Å². The molecule has 0 aromatic heterocycles. The van der Waals surface area contributed by atoms with E-state index in [1.165, 1.54) is 173 Å². The Bertz CT molecular complexity index is 1080. The second kappa shape index (κ2) is 53.2. The molecule has 0 amide bonds. The van der Waals surface area contributed by atoms with E-state index in [9.17, 15) is 14.4 Å². The largest absolute Gasteiger partial charge is 0.462 e. The Labute approximate surface area is 397 Å². The molecule has 0 saturated heterocycles. The van der Waals surface area contributed by atoms with Crippen LogP contribution in [0.1, 0.15) is 297 Å². The summed E-state index contributed by atoms with van der Waals surface area (Å²) < 4.78 is 16.8. The molecule has 0 saturated carbocycles. The average molecular weight is 899 g/mol. The van der Waals surface area contributed by atoms with Crippen LogP contribution in [0.5, 0.6) is 0 Å². The molecule has 6 nitrogen and oxygen atoms in total. The van der Waals surface area contributed by atoms with E-state index in [0.717, 1.165) is 83.5 Å². The zero-order valence-electron chi connectivity index (χ0n) is 42.8. The van der Waals surface area contributed by atoms with E-state index < -0.39 is 6.10 Å². The summed E-state index contributed by atoms with van der Waals surface area (Å²) in [4.78, 5) is 38.1. The van der Waals surface area contributed by atoms with Gasteiger partial charge in [0.1, 0.15) is 13.2 Å². The van der Waals surface area contributed by atoms with Crippen molar-refractivity contribution in [1.29, 1.82) is 0 Å². The fourth-order valence-electron chi connectivity index (χ4n) is 8.12. The molecule has 0 aliphatic carbocycles. The van der Waals surface area contributed by atoms with Gasteiger partial charge in [-0.1, -0.05) is 237 Å². The molecule has 0 N–H and O–H groups in total. The topological polar surface area (TPSA) is 78.9 Å². The van der Waals surface area contributed by atoms with Crippen molar-refractivity contribution in [2.24, 2.45) is 0 Å². The Morgan fingerprint density at radius 1 is 0.312 bits per heavy atom. The van der Waals surface area contributed by atoms with Crippen LogP contribution in [0.15, 0.2) is 36.5 Å². The molecule has 374 valence electrons. The summed E-state index contributed by atoms with van der Waals surface area (Å²) in [6.45, 7) is 6.62. The molecule has 6 heteroatoms. The second-order valence-electron chi connectivity index (χ2n) is 18.8. The highest BCUT2D eigenvalue weighted by Gasteiger charge is 2.19. The average Bonchev–Trinajstić information content (AvgIpc) is 3.29. The van der Waals surface area contributed by atoms with Gasteiger partial charge in [0.15, 0.2) is 6.10 Å². The number of hydrogen-bond acceptors (Lipinski definition) is 6. The van der Waals surface area contributed by atoms with Crippen molar-refractivity contribution in [2.45, 2.75) is 303 Å². The van der Waals surface area contributed by atoms with Crippen LogP contribution in [0.4, 0.5) is 0 Å². The Morgan fingerprint density at radius 3 is 0.922 bits per heavy atom. The first-order valence-electron chi connectivity index (χ1n) is 28.0. The van der Waals surface area contributed by atoms with Gasteiger partial charge >= 0.3 is 17.9 Å². The lowest BCUT2D eigenvalue weighted by Gasteiger charge is -2.18. The van der Waals surface area contributed by atoms with E-state index in [-0.39, 0.29) is 31.1 Å². The monoisotopic (exact) mass is 899 g/mol. The van der Waals surface area contributed by atoms with Crippen molar-refractivity contribution >= 4 is 17.9 Å². The van der Waals surface area contributed by atoms with Gasteiger partial charge in [0, 0.05) is 19.3 Å². The number of ether oxygens (including phenoxy) is 3. The SMILES string of the molecule is CCCCC/C=C\C/C=C\CCCCCCCCCC(=O)OCC(COC(=O)CCCCC/C=C\CCCCCCCC)OC(=O)CCCCCCCCCCCCCCCCCC. The zero-order valence-corrected chi connectivity index (χ0v) is 42.8. The lowest BCUT2D eigenvalue weighted by atomic mass is 10.0. The van der Waals surface area contributed by atoms with E-state index in [4.69, 9.17) is 14.2 Å². The molecule has 1 unspecified atom stereocenters. The van der Waals surface area contributed by atoms with Crippen LogP contribution in [-0.2, 0) is 28.6 Å². The minimum absolute atomic E-state index is 0.0778. The molecule has 0 bridgehead atoms. The third-order valence-corrected chi connectivity index (χ3v) is 12.4. The normalized spacial score (nSPS) is 12.2. The zero-order chi connectivity index (χ0) is 46.5. The summed E-state index contributed by atoms with van der Waals surface area (Å²) in [6, 6.07) is 0. The number of allylic oxidation sites excluding steroid dienone is 6. The number of unbranched alkanes of at least 4 members (excludes halogenated alkanes) is 34. The molecule has 0 aliphatic heterocycles. The first kappa shape index (κ1) is 61.6. The van der Waals surface area contributed by atoms with Crippen LogP contribution < -0.4 is 0 Å². The molecule has 0 rings (SSSR count). The summed E-state index contributed by atoms with van der Waals surface area (Å²) in [5.74, 6) is -0.886. The van der Waals surface area contributed by atoms with Crippen molar-refractivity contribution in [2.75, 3.05) is 13.2 Å². The summed E-state index contributed by atoms with van der Waals surface area (Å²) in [6.07, 6.45) is 62.7. The molecule has 64 heavy (non-hydrogen) atoms. The molecular weight excluding hydrogens is 793 g/mol. The van der Waals surface area contributed by atoms with E-state index in [0.29, 0.717) is 19.3 Å². The summed E-state index contributed by atoms with van der Waals surface area (Å²) >= 11 is 0. The van der Waals surface area contributed by atoms with Crippen molar-refractivity contribution in [3.8, 4) is 0 Å². The van der Waals surface area contributed by atoms with Gasteiger partial charge in [-0.2, -0.15) is 0 Å². The van der Waals surface area contributed by atoms with E-state index in [1.807, 2.05) is 0 Å². The fourth-order valence-corrected chi connectivity index (χ4v) is 8.12. The van der Waals surface area contributed by atoms with Crippen LogP contribution in [0, 0.1) is 0 Å². The molecule has 0 aliphatic rings. The molecule has 0 heterocycles. The smallest absolute Gasteiger partial charge is 0.306 e.